The van der Waals surface area contributed by atoms with Crippen molar-refractivity contribution in [3.05, 3.63) is 35.5 Å². The summed E-state index contributed by atoms with van der Waals surface area (Å²) in [6, 6.07) is 7.26. The Balaban J connectivity index is 1.95. The molecular weight excluding hydrogens is 234 g/mol. The van der Waals surface area contributed by atoms with Gasteiger partial charge in [0, 0.05) is 44.3 Å². The second kappa shape index (κ2) is 5.35. The normalized spacial score (nSPS) is 20.0. The molecule has 0 saturated carbocycles. The third-order valence-electron chi connectivity index (χ3n) is 4.14. The first-order valence-electron chi connectivity index (χ1n) is 7.29. The maximum Gasteiger partial charge on any atom is 0.0512 e. The molecule has 102 valence electrons. The van der Waals surface area contributed by atoms with Crippen LogP contribution in [-0.2, 0) is 19.9 Å². The predicted molar refractivity (Wildman–Crippen MR) is 80.7 cm³/mol. The van der Waals surface area contributed by atoms with Gasteiger partial charge in [-0.2, -0.15) is 0 Å². The topological polar surface area (TPSA) is 29.0 Å². The molecule has 2 heterocycles. The van der Waals surface area contributed by atoms with Gasteiger partial charge in [0.25, 0.3) is 0 Å². The largest absolute Gasteiger partial charge is 0.350 e. The van der Waals surface area contributed by atoms with Gasteiger partial charge in [0.05, 0.1) is 5.52 Å². The van der Waals surface area contributed by atoms with Gasteiger partial charge in [0.2, 0.25) is 0 Å². The lowest BCUT2D eigenvalue weighted by atomic mass is 10.0. The van der Waals surface area contributed by atoms with E-state index in [2.05, 4.69) is 53.6 Å². The zero-order chi connectivity index (χ0) is 13.2. The van der Waals surface area contributed by atoms with Crippen molar-refractivity contribution in [2.75, 3.05) is 19.6 Å². The highest BCUT2D eigenvalue weighted by atomic mass is 15.1. The molecule has 3 rings (SSSR count). The number of nitrogens with one attached hydrogen (secondary N) is 2. The molecule has 0 spiro atoms. The second-order valence-electron chi connectivity index (χ2n) is 5.49. The Morgan fingerprint density at radius 2 is 2.16 bits per heavy atom. The quantitative estimate of drug-likeness (QED) is 0.878. The van der Waals surface area contributed by atoms with Crippen LogP contribution in [0.15, 0.2) is 24.4 Å². The summed E-state index contributed by atoms with van der Waals surface area (Å²) >= 11 is 0. The fraction of sp³-hybridized carbons (Fsp3) is 0.500. The van der Waals surface area contributed by atoms with Crippen LogP contribution in [0.2, 0.25) is 0 Å². The summed E-state index contributed by atoms with van der Waals surface area (Å²) in [5.74, 6) is 0. The van der Waals surface area contributed by atoms with E-state index in [1.54, 1.807) is 0 Å². The van der Waals surface area contributed by atoms with Gasteiger partial charge < -0.3 is 15.2 Å². The first-order chi connectivity index (χ1) is 9.29. The highest BCUT2D eigenvalue weighted by Gasteiger charge is 2.16. The van der Waals surface area contributed by atoms with Gasteiger partial charge in [-0.1, -0.05) is 25.1 Å². The van der Waals surface area contributed by atoms with Crippen LogP contribution in [0, 0.1) is 0 Å². The van der Waals surface area contributed by atoms with Gasteiger partial charge in [0.15, 0.2) is 0 Å². The molecule has 0 bridgehead atoms. The molecule has 2 N–H and O–H groups in total. The van der Waals surface area contributed by atoms with E-state index in [1.165, 1.54) is 22.0 Å². The predicted octanol–water partition coefficient (Wildman–Crippen LogP) is 1.84. The monoisotopic (exact) mass is 257 g/mol. The number of aryl methyl sites for hydroxylation is 2. The van der Waals surface area contributed by atoms with Crippen molar-refractivity contribution in [1.82, 2.24) is 15.2 Å². The summed E-state index contributed by atoms with van der Waals surface area (Å²) in [4.78, 5) is 0. The maximum atomic E-state index is 3.60. The highest BCUT2D eigenvalue weighted by Crippen LogP contribution is 2.25. The molecule has 3 heteroatoms. The molecule has 1 aliphatic heterocycles. The Kier molecular flexibility index (Phi) is 3.58. The van der Waals surface area contributed by atoms with Crippen LogP contribution >= 0.6 is 0 Å². The number of aromatic nitrogens is 1. The van der Waals surface area contributed by atoms with E-state index >= 15 is 0 Å². The van der Waals surface area contributed by atoms with Crippen LogP contribution in [-0.4, -0.2) is 30.2 Å². The third-order valence-corrected chi connectivity index (χ3v) is 4.14. The zero-order valence-electron chi connectivity index (χ0n) is 11.9. The lowest BCUT2D eigenvalue weighted by Crippen LogP contribution is -2.49. The molecule has 1 aromatic carbocycles. The first-order valence-corrected chi connectivity index (χ1v) is 7.29. The number of hydrogen-bond acceptors (Lipinski definition) is 2. The molecule has 2 aromatic rings. The summed E-state index contributed by atoms with van der Waals surface area (Å²) in [5, 5.41) is 8.49. The van der Waals surface area contributed by atoms with E-state index in [0.29, 0.717) is 6.04 Å². The van der Waals surface area contributed by atoms with Crippen molar-refractivity contribution >= 4 is 10.9 Å². The average molecular weight is 257 g/mol. The smallest absolute Gasteiger partial charge is 0.0512 e. The van der Waals surface area contributed by atoms with E-state index in [0.717, 1.165) is 32.5 Å². The molecule has 1 saturated heterocycles. The highest BCUT2D eigenvalue weighted by molar-refractivity contribution is 5.87. The fourth-order valence-corrected chi connectivity index (χ4v) is 3.21. The lowest BCUT2D eigenvalue weighted by Gasteiger charge is -2.24. The Labute approximate surface area is 115 Å². The minimum atomic E-state index is 0.560. The summed E-state index contributed by atoms with van der Waals surface area (Å²) < 4.78 is 2.29. The van der Waals surface area contributed by atoms with Crippen LogP contribution < -0.4 is 10.6 Å². The standard InChI is InChI=1S/C16H23N3/c1-3-12-5-4-6-15-13(11-19(2)16(12)15)9-14-10-17-7-8-18-14/h4-6,11,14,17-18H,3,7-10H2,1-2H3. The number of fused-ring (bicyclic) bond motifs is 1. The molecule has 1 unspecified atom stereocenters. The Morgan fingerprint density at radius 1 is 1.26 bits per heavy atom. The minimum Gasteiger partial charge on any atom is -0.350 e. The van der Waals surface area contributed by atoms with Gasteiger partial charge in [-0.05, 0) is 24.0 Å². The zero-order valence-corrected chi connectivity index (χ0v) is 11.9. The minimum absolute atomic E-state index is 0.560. The Morgan fingerprint density at radius 3 is 2.89 bits per heavy atom. The van der Waals surface area contributed by atoms with E-state index in [1.807, 2.05) is 0 Å². The maximum absolute atomic E-state index is 3.60. The lowest BCUT2D eigenvalue weighted by molar-refractivity contribution is 0.417. The van der Waals surface area contributed by atoms with Crippen molar-refractivity contribution in [2.24, 2.45) is 7.05 Å². The summed E-state index contributed by atoms with van der Waals surface area (Å²) in [6.45, 7) is 5.47. The van der Waals surface area contributed by atoms with E-state index in [-0.39, 0.29) is 0 Å². The van der Waals surface area contributed by atoms with Crippen molar-refractivity contribution < 1.29 is 0 Å². The number of hydrogen-bond donors (Lipinski definition) is 2. The molecule has 1 atom stereocenters. The number of piperazine rings is 1. The van der Waals surface area contributed by atoms with E-state index < -0.39 is 0 Å². The summed E-state index contributed by atoms with van der Waals surface area (Å²) in [6.07, 6.45) is 4.51. The van der Waals surface area contributed by atoms with Gasteiger partial charge >= 0.3 is 0 Å². The molecular formula is C16H23N3. The first kappa shape index (κ1) is 12.7. The number of rotatable bonds is 3. The molecule has 3 nitrogen and oxygen atoms in total. The number of nitrogens with zero attached hydrogens (tertiary/aromatic N) is 1. The Bertz CT molecular complexity index is 565. The average Bonchev–Trinajstić information content (AvgIpc) is 2.77. The molecule has 1 aliphatic rings. The molecule has 0 radical (unpaired) electrons. The van der Waals surface area contributed by atoms with Gasteiger partial charge in [-0.15, -0.1) is 0 Å². The SMILES string of the molecule is CCc1cccc2c(CC3CNCCN3)cn(C)c12. The van der Waals surface area contributed by atoms with E-state index in [9.17, 15) is 0 Å². The second-order valence-corrected chi connectivity index (χ2v) is 5.49. The van der Waals surface area contributed by atoms with Crippen LogP contribution in [0.3, 0.4) is 0 Å². The summed E-state index contributed by atoms with van der Waals surface area (Å²) in [7, 11) is 2.16. The van der Waals surface area contributed by atoms with Gasteiger partial charge in [-0.3, -0.25) is 0 Å². The van der Waals surface area contributed by atoms with Crippen molar-refractivity contribution in [3.63, 3.8) is 0 Å². The molecule has 0 aliphatic carbocycles. The molecule has 1 aromatic heterocycles. The molecule has 0 amide bonds. The molecule has 1 fully saturated rings. The van der Waals surface area contributed by atoms with Gasteiger partial charge in [0.1, 0.15) is 0 Å². The number of para-hydroxylation sites is 1. The fourth-order valence-electron chi connectivity index (χ4n) is 3.21. The van der Waals surface area contributed by atoms with Crippen molar-refractivity contribution in [3.8, 4) is 0 Å². The van der Waals surface area contributed by atoms with E-state index in [4.69, 9.17) is 0 Å². The Hall–Kier alpha value is -1.32. The third kappa shape index (κ3) is 2.40. The van der Waals surface area contributed by atoms with Crippen molar-refractivity contribution in [1.29, 1.82) is 0 Å². The van der Waals surface area contributed by atoms with Crippen LogP contribution in [0.25, 0.3) is 10.9 Å². The summed E-state index contributed by atoms with van der Waals surface area (Å²) in [5.41, 5.74) is 4.32. The van der Waals surface area contributed by atoms with Gasteiger partial charge in [-0.25, -0.2) is 0 Å². The van der Waals surface area contributed by atoms with Crippen LogP contribution in [0.5, 0.6) is 0 Å². The molecule has 19 heavy (non-hydrogen) atoms. The van der Waals surface area contributed by atoms with Crippen LogP contribution in [0.4, 0.5) is 0 Å². The van der Waals surface area contributed by atoms with Crippen LogP contribution in [0.1, 0.15) is 18.1 Å². The van der Waals surface area contributed by atoms with Crippen molar-refractivity contribution in [2.45, 2.75) is 25.8 Å². The number of benzene rings is 1.